The summed E-state index contributed by atoms with van der Waals surface area (Å²) < 4.78 is 50.9. The number of anilines is 2. The Bertz CT molecular complexity index is 883. The van der Waals surface area contributed by atoms with Crippen molar-refractivity contribution in [1.29, 1.82) is 0 Å². The van der Waals surface area contributed by atoms with Crippen LogP contribution in [0.5, 0.6) is 11.5 Å². The van der Waals surface area contributed by atoms with Gasteiger partial charge in [0.1, 0.15) is 6.61 Å². The summed E-state index contributed by atoms with van der Waals surface area (Å²) >= 11 is 0. The minimum absolute atomic E-state index is 0.0287. The van der Waals surface area contributed by atoms with Crippen molar-refractivity contribution in [2.75, 3.05) is 17.2 Å². The van der Waals surface area contributed by atoms with Crippen molar-refractivity contribution >= 4 is 23.2 Å². The summed E-state index contributed by atoms with van der Waals surface area (Å²) in [5.74, 6) is -0.494. The Morgan fingerprint density at radius 2 is 1.78 bits per heavy atom. The molecule has 2 aromatic rings. The molecule has 142 valence electrons. The quantitative estimate of drug-likeness (QED) is 0.855. The van der Waals surface area contributed by atoms with Crippen LogP contribution in [0.4, 0.5) is 24.5 Å². The molecule has 0 radical (unpaired) electrons. The van der Waals surface area contributed by atoms with E-state index in [1.54, 1.807) is 24.3 Å². The van der Waals surface area contributed by atoms with E-state index in [9.17, 15) is 22.8 Å². The zero-order valence-corrected chi connectivity index (χ0v) is 14.1. The van der Waals surface area contributed by atoms with Gasteiger partial charge >= 0.3 is 6.18 Å². The average Bonchev–Trinajstić information content (AvgIpc) is 2.61. The van der Waals surface area contributed by atoms with E-state index in [0.29, 0.717) is 11.5 Å². The first kappa shape index (κ1) is 18.6. The van der Waals surface area contributed by atoms with E-state index in [-0.39, 0.29) is 12.3 Å². The molecule has 0 aliphatic carbocycles. The number of hydrogen-bond donors (Lipinski definition) is 2. The molecule has 2 N–H and O–H groups in total. The largest absolute Gasteiger partial charge is 0.485 e. The van der Waals surface area contributed by atoms with Gasteiger partial charge in [-0.1, -0.05) is 12.1 Å². The molecule has 0 fully saturated rings. The summed E-state index contributed by atoms with van der Waals surface area (Å²) in [7, 11) is 0. The average molecular weight is 380 g/mol. The van der Waals surface area contributed by atoms with Crippen molar-refractivity contribution in [3.05, 3.63) is 48.0 Å². The van der Waals surface area contributed by atoms with Crippen LogP contribution in [0.1, 0.15) is 12.5 Å². The van der Waals surface area contributed by atoms with Crippen molar-refractivity contribution in [1.82, 2.24) is 0 Å². The maximum Gasteiger partial charge on any atom is 0.418 e. The van der Waals surface area contributed by atoms with Gasteiger partial charge in [-0.3, -0.25) is 9.59 Å². The van der Waals surface area contributed by atoms with E-state index >= 15 is 0 Å². The van der Waals surface area contributed by atoms with Gasteiger partial charge in [-0.05, 0) is 30.3 Å². The monoisotopic (exact) mass is 380 g/mol. The third-order valence-electron chi connectivity index (χ3n) is 3.70. The summed E-state index contributed by atoms with van der Waals surface area (Å²) in [5.41, 5.74) is -1.55. The molecule has 0 aromatic heterocycles. The van der Waals surface area contributed by atoms with Gasteiger partial charge < -0.3 is 20.1 Å². The number of nitrogens with one attached hydrogen (secondary N) is 2. The number of benzene rings is 2. The van der Waals surface area contributed by atoms with Crippen LogP contribution in [-0.2, 0) is 15.8 Å². The maximum atomic E-state index is 13.3. The minimum atomic E-state index is -4.73. The van der Waals surface area contributed by atoms with Gasteiger partial charge in [-0.2, -0.15) is 13.2 Å². The van der Waals surface area contributed by atoms with Crippen LogP contribution in [0.15, 0.2) is 42.5 Å². The standard InChI is InChI=1S/C18H15F3N2O4/c1-10(24)22-11-6-7-13(12(8-11)18(19,20)21)23-17(25)16-9-26-14-4-2-3-5-15(14)27-16/h2-8,16H,9H2,1H3,(H,22,24)(H,23,25). The highest BCUT2D eigenvalue weighted by molar-refractivity contribution is 5.96. The Morgan fingerprint density at radius 1 is 1.07 bits per heavy atom. The highest BCUT2D eigenvalue weighted by Crippen LogP contribution is 2.37. The van der Waals surface area contributed by atoms with Gasteiger partial charge in [0.25, 0.3) is 5.91 Å². The van der Waals surface area contributed by atoms with Gasteiger partial charge in [-0.15, -0.1) is 0 Å². The van der Waals surface area contributed by atoms with E-state index in [2.05, 4.69) is 10.6 Å². The van der Waals surface area contributed by atoms with E-state index in [1.807, 2.05) is 0 Å². The highest BCUT2D eigenvalue weighted by atomic mass is 19.4. The molecule has 1 atom stereocenters. The van der Waals surface area contributed by atoms with Crippen molar-refractivity contribution in [3.8, 4) is 11.5 Å². The van der Waals surface area contributed by atoms with E-state index in [0.717, 1.165) is 12.1 Å². The number of alkyl halides is 3. The normalized spacial score (nSPS) is 15.8. The number of rotatable bonds is 3. The van der Waals surface area contributed by atoms with Crippen molar-refractivity contribution < 1.29 is 32.2 Å². The van der Waals surface area contributed by atoms with Gasteiger partial charge in [0.05, 0.1) is 11.3 Å². The zero-order chi connectivity index (χ0) is 19.6. The second-order valence-corrected chi connectivity index (χ2v) is 5.79. The molecule has 0 saturated heterocycles. The fourth-order valence-corrected chi connectivity index (χ4v) is 2.53. The number of hydrogen-bond acceptors (Lipinski definition) is 4. The Labute approximate surface area is 152 Å². The van der Waals surface area contributed by atoms with Crippen molar-refractivity contribution in [3.63, 3.8) is 0 Å². The van der Waals surface area contributed by atoms with Crippen LogP contribution in [0, 0.1) is 0 Å². The Hall–Kier alpha value is -3.23. The van der Waals surface area contributed by atoms with Crippen LogP contribution >= 0.6 is 0 Å². The topological polar surface area (TPSA) is 76.7 Å². The zero-order valence-electron chi connectivity index (χ0n) is 14.1. The molecule has 1 aliphatic rings. The smallest absolute Gasteiger partial charge is 0.418 e. The van der Waals surface area contributed by atoms with Crippen LogP contribution in [0.25, 0.3) is 0 Å². The molecule has 27 heavy (non-hydrogen) atoms. The number of carbonyl (C=O) groups is 2. The Morgan fingerprint density at radius 3 is 2.44 bits per heavy atom. The second kappa shape index (κ2) is 7.18. The third kappa shape index (κ3) is 4.30. The fraction of sp³-hybridized carbons (Fsp3) is 0.222. The van der Waals surface area contributed by atoms with Crippen LogP contribution in [0.3, 0.4) is 0 Å². The molecule has 2 aromatic carbocycles. The fourth-order valence-electron chi connectivity index (χ4n) is 2.53. The molecule has 0 saturated carbocycles. The summed E-state index contributed by atoms with van der Waals surface area (Å²) in [5, 5.41) is 4.50. The molecule has 9 heteroatoms. The lowest BCUT2D eigenvalue weighted by molar-refractivity contribution is -0.137. The Balaban J connectivity index is 1.80. The lowest BCUT2D eigenvalue weighted by Crippen LogP contribution is -2.40. The number of para-hydroxylation sites is 2. The van der Waals surface area contributed by atoms with Gasteiger partial charge in [-0.25, -0.2) is 0 Å². The molecular weight excluding hydrogens is 365 g/mol. The molecular formula is C18H15F3N2O4. The lowest BCUT2D eigenvalue weighted by Gasteiger charge is -2.26. The van der Waals surface area contributed by atoms with E-state index in [4.69, 9.17) is 9.47 Å². The molecule has 1 unspecified atom stereocenters. The third-order valence-corrected chi connectivity index (χ3v) is 3.70. The summed E-state index contributed by atoms with van der Waals surface area (Å²) in [6, 6.07) is 9.76. The first-order valence-electron chi connectivity index (χ1n) is 7.92. The number of carbonyl (C=O) groups excluding carboxylic acids is 2. The van der Waals surface area contributed by atoms with E-state index in [1.165, 1.54) is 13.0 Å². The SMILES string of the molecule is CC(=O)Nc1ccc(NC(=O)C2COc3ccccc3O2)c(C(F)(F)F)c1. The lowest BCUT2D eigenvalue weighted by atomic mass is 10.1. The van der Waals surface area contributed by atoms with Gasteiger partial charge in [0, 0.05) is 12.6 Å². The predicted molar refractivity (Wildman–Crippen MR) is 90.7 cm³/mol. The maximum absolute atomic E-state index is 13.3. The molecule has 2 amide bonds. The second-order valence-electron chi connectivity index (χ2n) is 5.79. The highest BCUT2D eigenvalue weighted by Gasteiger charge is 2.35. The number of halogens is 3. The first-order valence-corrected chi connectivity index (χ1v) is 7.92. The first-order chi connectivity index (χ1) is 12.7. The molecule has 6 nitrogen and oxygen atoms in total. The number of amides is 2. The summed E-state index contributed by atoms with van der Waals surface area (Å²) in [6.45, 7) is 1.05. The number of fused-ring (bicyclic) bond motifs is 1. The Kier molecular flexibility index (Phi) is 4.93. The van der Waals surface area contributed by atoms with Crippen molar-refractivity contribution in [2.45, 2.75) is 19.2 Å². The van der Waals surface area contributed by atoms with Crippen LogP contribution in [0.2, 0.25) is 0 Å². The molecule has 3 rings (SSSR count). The van der Waals surface area contributed by atoms with E-state index < -0.39 is 35.3 Å². The summed E-state index contributed by atoms with van der Waals surface area (Å²) in [6.07, 6.45) is -5.83. The molecule has 0 spiro atoms. The molecule has 0 bridgehead atoms. The van der Waals surface area contributed by atoms with Crippen molar-refractivity contribution in [2.24, 2.45) is 0 Å². The van der Waals surface area contributed by atoms with Crippen LogP contribution < -0.4 is 20.1 Å². The molecule has 1 aliphatic heterocycles. The minimum Gasteiger partial charge on any atom is -0.485 e. The van der Waals surface area contributed by atoms with Crippen LogP contribution in [-0.4, -0.2) is 24.5 Å². The number of ether oxygens (including phenoxy) is 2. The summed E-state index contributed by atoms with van der Waals surface area (Å²) in [4.78, 5) is 23.4. The molecule has 1 heterocycles. The van der Waals surface area contributed by atoms with Gasteiger partial charge in [0.2, 0.25) is 12.0 Å². The predicted octanol–water partition coefficient (Wildman–Crippen LogP) is 3.44. The van der Waals surface area contributed by atoms with Gasteiger partial charge in [0.15, 0.2) is 11.5 Å².